The van der Waals surface area contributed by atoms with Gasteiger partial charge in [0.15, 0.2) is 0 Å². The number of urea groups is 1. The number of carbonyl (C=O) groups is 2. The predicted molar refractivity (Wildman–Crippen MR) is 78.1 cm³/mol. The van der Waals surface area contributed by atoms with Gasteiger partial charge in [0, 0.05) is 27.2 Å². The molecule has 0 unspecified atom stereocenters. The second-order valence-electron chi connectivity index (χ2n) is 4.84. The number of likely N-dealkylation sites (N-methyl/N-ethyl adjacent to an activating group) is 1. The SMILES string of the molecule is CCCN(C)C(=O)N(C)CCc1ccccc1C(=O)O. The summed E-state index contributed by atoms with van der Waals surface area (Å²) in [5.41, 5.74) is 1.05. The van der Waals surface area contributed by atoms with Crippen LogP contribution in [0.5, 0.6) is 0 Å². The summed E-state index contributed by atoms with van der Waals surface area (Å²) in [5.74, 6) is -0.933. The Hall–Kier alpha value is -2.04. The van der Waals surface area contributed by atoms with Gasteiger partial charge in [-0.05, 0) is 24.5 Å². The fourth-order valence-electron chi connectivity index (χ4n) is 2.05. The Morgan fingerprint density at radius 2 is 1.70 bits per heavy atom. The van der Waals surface area contributed by atoms with Crippen molar-refractivity contribution < 1.29 is 14.7 Å². The average Bonchev–Trinajstić information content (AvgIpc) is 2.44. The Morgan fingerprint density at radius 1 is 1.10 bits per heavy atom. The average molecular weight is 278 g/mol. The fraction of sp³-hybridized carbons (Fsp3) is 0.467. The van der Waals surface area contributed by atoms with Crippen LogP contribution in [0.3, 0.4) is 0 Å². The molecule has 5 heteroatoms. The number of aromatic carboxylic acids is 1. The minimum atomic E-state index is -0.933. The van der Waals surface area contributed by atoms with Gasteiger partial charge in [-0.1, -0.05) is 25.1 Å². The molecule has 0 saturated heterocycles. The van der Waals surface area contributed by atoms with E-state index >= 15 is 0 Å². The van der Waals surface area contributed by atoms with E-state index < -0.39 is 5.97 Å². The van der Waals surface area contributed by atoms with Gasteiger partial charge in [-0.3, -0.25) is 0 Å². The molecule has 1 rings (SSSR count). The zero-order valence-corrected chi connectivity index (χ0v) is 12.3. The second kappa shape index (κ2) is 7.53. The quantitative estimate of drug-likeness (QED) is 0.868. The lowest BCUT2D eigenvalue weighted by molar-refractivity contribution is 0.0695. The Bertz CT molecular complexity index is 474. The Morgan fingerprint density at radius 3 is 2.30 bits per heavy atom. The number of nitrogens with zero attached hydrogens (tertiary/aromatic N) is 2. The van der Waals surface area contributed by atoms with Crippen LogP contribution < -0.4 is 0 Å². The maximum Gasteiger partial charge on any atom is 0.335 e. The highest BCUT2D eigenvalue weighted by Gasteiger charge is 2.14. The van der Waals surface area contributed by atoms with Crippen LogP contribution in [0.4, 0.5) is 4.79 Å². The lowest BCUT2D eigenvalue weighted by Gasteiger charge is -2.24. The highest BCUT2D eigenvalue weighted by Crippen LogP contribution is 2.10. The van der Waals surface area contributed by atoms with Gasteiger partial charge < -0.3 is 14.9 Å². The Kier molecular flexibility index (Phi) is 6.03. The number of hydrogen-bond acceptors (Lipinski definition) is 2. The number of carboxylic acid groups (broad SMARTS) is 1. The number of rotatable bonds is 6. The van der Waals surface area contributed by atoms with Crippen molar-refractivity contribution in [3.63, 3.8) is 0 Å². The number of hydrogen-bond donors (Lipinski definition) is 1. The molecule has 0 bridgehead atoms. The molecule has 1 aromatic rings. The molecule has 5 nitrogen and oxygen atoms in total. The zero-order chi connectivity index (χ0) is 15.1. The van der Waals surface area contributed by atoms with Gasteiger partial charge in [-0.25, -0.2) is 9.59 Å². The number of carbonyl (C=O) groups excluding carboxylic acids is 1. The van der Waals surface area contributed by atoms with Crippen LogP contribution in [0, 0.1) is 0 Å². The molecule has 0 aliphatic rings. The molecule has 2 amide bonds. The molecule has 110 valence electrons. The first-order chi connectivity index (χ1) is 9.47. The molecule has 0 saturated carbocycles. The van der Waals surface area contributed by atoms with E-state index in [0.29, 0.717) is 18.5 Å². The summed E-state index contributed by atoms with van der Waals surface area (Å²) in [6.45, 7) is 3.24. The van der Waals surface area contributed by atoms with Crippen molar-refractivity contribution in [2.75, 3.05) is 27.2 Å². The van der Waals surface area contributed by atoms with E-state index in [2.05, 4.69) is 0 Å². The molecule has 0 spiro atoms. The van der Waals surface area contributed by atoms with Gasteiger partial charge in [0.25, 0.3) is 0 Å². The Balaban J connectivity index is 2.63. The fourth-order valence-corrected chi connectivity index (χ4v) is 2.05. The maximum absolute atomic E-state index is 12.0. The summed E-state index contributed by atoms with van der Waals surface area (Å²) < 4.78 is 0. The third-order valence-electron chi connectivity index (χ3n) is 3.18. The summed E-state index contributed by atoms with van der Waals surface area (Å²) in [7, 11) is 3.51. The molecule has 0 heterocycles. The minimum Gasteiger partial charge on any atom is -0.478 e. The molecule has 0 aliphatic heterocycles. The third-order valence-corrected chi connectivity index (χ3v) is 3.18. The first-order valence-corrected chi connectivity index (χ1v) is 6.74. The molecule has 1 aromatic carbocycles. The first kappa shape index (κ1) is 16.0. The molecular formula is C15H22N2O3. The summed E-state index contributed by atoms with van der Waals surface area (Å²) in [4.78, 5) is 26.4. The second-order valence-corrected chi connectivity index (χ2v) is 4.84. The molecular weight excluding hydrogens is 256 g/mol. The van der Waals surface area contributed by atoms with Crippen molar-refractivity contribution in [3.05, 3.63) is 35.4 Å². The number of carboxylic acids is 1. The smallest absolute Gasteiger partial charge is 0.335 e. The van der Waals surface area contributed by atoms with Crippen LogP contribution in [0.15, 0.2) is 24.3 Å². The standard InChI is InChI=1S/C15H22N2O3/c1-4-10-16(2)15(20)17(3)11-9-12-7-5-6-8-13(12)14(18)19/h5-8H,4,9-11H2,1-3H3,(H,18,19). The molecule has 0 radical (unpaired) electrons. The van der Waals surface area contributed by atoms with Crippen molar-refractivity contribution in [1.82, 2.24) is 9.80 Å². The van der Waals surface area contributed by atoms with Crippen molar-refractivity contribution >= 4 is 12.0 Å². The van der Waals surface area contributed by atoms with Crippen molar-refractivity contribution in [3.8, 4) is 0 Å². The van der Waals surface area contributed by atoms with Gasteiger partial charge in [0.2, 0.25) is 0 Å². The molecule has 1 N–H and O–H groups in total. The van der Waals surface area contributed by atoms with Crippen LogP contribution in [-0.2, 0) is 6.42 Å². The molecule has 0 aliphatic carbocycles. The monoisotopic (exact) mass is 278 g/mol. The lowest BCUT2D eigenvalue weighted by Crippen LogP contribution is -2.40. The van der Waals surface area contributed by atoms with Crippen LogP contribution >= 0.6 is 0 Å². The largest absolute Gasteiger partial charge is 0.478 e. The van der Waals surface area contributed by atoms with Crippen molar-refractivity contribution in [1.29, 1.82) is 0 Å². The van der Waals surface area contributed by atoms with E-state index in [4.69, 9.17) is 5.11 Å². The molecule has 0 fully saturated rings. The normalized spacial score (nSPS) is 10.2. The van der Waals surface area contributed by atoms with E-state index in [-0.39, 0.29) is 6.03 Å². The van der Waals surface area contributed by atoms with Crippen LogP contribution in [-0.4, -0.2) is 54.1 Å². The Labute approximate surface area is 119 Å². The van der Waals surface area contributed by atoms with E-state index in [9.17, 15) is 9.59 Å². The minimum absolute atomic E-state index is 0.0420. The van der Waals surface area contributed by atoms with Gasteiger partial charge >= 0.3 is 12.0 Å². The van der Waals surface area contributed by atoms with Gasteiger partial charge in [0.05, 0.1) is 5.56 Å². The maximum atomic E-state index is 12.0. The summed E-state index contributed by atoms with van der Waals surface area (Å²) in [5, 5.41) is 9.11. The van der Waals surface area contributed by atoms with E-state index in [1.807, 2.05) is 13.0 Å². The zero-order valence-electron chi connectivity index (χ0n) is 12.3. The first-order valence-electron chi connectivity index (χ1n) is 6.74. The predicted octanol–water partition coefficient (Wildman–Crippen LogP) is 2.32. The van der Waals surface area contributed by atoms with Crippen LogP contribution in [0.1, 0.15) is 29.3 Å². The van der Waals surface area contributed by atoms with E-state index in [0.717, 1.165) is 18.5 Å². The van der Waals surface area contributed by atoms with E-state index in [1.165, 1.54) is 0 Å². The molecule has 0 aromatic heterocycles. The highest BCUT2D eigenvalue weighted by molar-refractivity contribution is 5.89. The van der Waals surface area contributed by atoms with Gasteiger partial charge in [-0.2, -0.15) is 0 Å². The molecule has 20 heavy (non-hydrogen) atoms. The highest BCUT2D eigenvalue weighted by atomic mass is 16.4. The van der Waals surface area contributed by atoms with Crippen molar-refractivity contribution in [2.24, 2.45) is 0 Å². The molecule has 0 atom stereocenters. The number of amides is 2. The summed E-state index contributed by atoms with van der Waals surface area (Å²) in [6.07, 6.45) is 1.45. The summed E-state index contributed by atoms with van der Waals surface area (Å²) in [6, 6.07) is 6.85. The van der Waals surface area contributed by atoms with Crippen LogP contribution in [0.2, 0.25) is 0 Å². The van der Waals surface area contributed by atoms with Crippen molar-refractivity contribution in [2.45, 2.75) is 19.8 Å². The lowest BCUT2D eigenvalue weighted by atomic mass is 10.0. The summed E-state index contributed by atoms with van der Waals surface area (Å²) >= 11 is 0. The third kappa shape index (κ3) is 4.26. The topological polar surface area (TPSA) is 60.9 Å². The van der Waals surface area contributed by atoms with E-state index in [1.54, 1.807) is 42.1 Å². The van der Waals surface area contributed by atoms with Gasteiger partial charge in [-0.15, -0.1) is 0 Å². The van der Waals surface area contributed by atoms with Crippen LogP contribution in [0.25, 0.3) is 0 Å². The van der Waals surface area contributed by atoms with Gasteiger partial charge in [0.1, 0.15) is 0 Å². The number of benzene rings is 1.